The summed E-state index contributed by atoms with van der Waals surface area (Å²) in [6.07, 6.45) is 3.96. The molecular weight excluding hydrogens is 232 g/mol. The second-order valence-corrected chi connectivity index (χ2v) is 5.22. The maximum absolute atomic E-state index is 5.35. The molecule has 0 bridgehead atoms. The van der Waals surface area contributed by atoms with Gasteiger partial charge in [-0.15, -0.1) is 11.3 Å². The molecule has 0 unspecified atom stereocenters. The zero-order valence-electron chi connectivity index (χ0n) is 9.98. The fraction of sp³-hybridized carbons (Fsp3) is 0.462. The highest BCUT2D eigenvalue weighted by atomic mass is 32.1. The number of benzene rings is 1. The molecule has 1 aromatic carbocycles. The van der Waals surface area contributed by atoms with Crippen molar-refractivity contribution in [2.45, 2.75) is 19.3 Å². The fourth-order valence-electron chi connectivity index (χ4n) is 2.46. The Morgan fingerprint density at radius 3 is 2.82 bits per heavy atom. The monoisotopic (exact) mass is 248 g/mol. The van der Waals surface area contributed by atoms with E-state index in [9.17, 15) is 0 Å². The van der Waals surface area contributed by atoms with E-state index in [2.05, 4.69) is 16.0 Å². The molecule has 0 radical (unpaired) electrons. The Labute approximate surface area is 105 Å². The third kappa shape index (κ3) is 1.86. The molecule has 90 valence electrons. The average molecular weight is 248 g/mol. The van der Waals surface area contributed by atoms with Crippen LogP contribution in [0.4, 0.5) is 5.69 Å². The lowest BCUT2D eigenvalue weighted by Gasteiger charge is -2.29. The lowest BCUT2D eigenvalue weighted by molar-refractivity contribution is 0.419. The number of methoxy groups -OCH3 is 1. The first-order valence-electron chi connectivity index (χ1n) is 6.05. The van der Waals surface area contributed by atoms with Crippen LogP contribution in [0.3, 0.4) is 0 Å². The summed E-state index contributed by atoms with van der Waals surface area (Å²) in [6.45, 7) is 2.33. The molecular formula is C13H16N2OS. The van der Waals surface area contributed by atoms with Crippen LogP contribution in [0.1, 0.15) is 19.3 Å². The zero-order chi connectivity index (χ0) is 11.7. The van der Waals surface area contributed by atoms with Crippen LogP contribution in [0.2, 0.25) is 0 Å². The molecule has 2 heterocycles. The zero-order valence-corrected chi connectivity index (χ0v) is 10.8. The van der Waals surface area contributed by atoms with Gasteiger partial charge in [-0.2, -0.15) is 0 Å². The van der Waals surface area contributed by atoms with Crippen molar-refractivity contribution in [3.8, 4) is 5.75 Å². The molecule has 0 aliphatic carbocycles. The van der Waals surface area contributed by atoms with Crippen molar-refractivity contribution in [2.24, 2.45) is 0 Å². The SMILES string of the molecule is COc1ccc(N2CCCCC2)c2scnc12. The summed E-state index contributed by atoms with van der Waals surface area (Å²) in [4.78, 5) is 6.89. The minimum Gasteiger partial charge on any atom is -0.494 e. The summed E-state index contributed by atoms with van der Waals surface area (Å²) in [5.74, 6) is 0.877. The first kappa shape index (κ1) is 10.8. The maximum Gasteiger partial charge on any atom is 0.146 e. The highest BCUT2D eigenvalue weighted by Crippen LogP contribution is 2.36. The minimum absolute atomic E-state index is 0.877. The van der Waals surface area contributed by atoms with Crippen molar-refractivity contribution >= 4 is 27.2 Å². The van der Waals surface area contributed by atoms with Crippen molar-refractivity contribution in [3.63, 3.8) is 0 Å². The first-order chi connectivity index (χ1) is 8.40. The predicted octanol–water partition coefficient (Wildman–Crippen LogP) is 3.30. The average Bonchev–Trinajstić information content (AvgIpc) is 2.88. The summed E-state index contributed by atoms with van der Waals surface area (Å²) in [7, 11) is 1.70. The number of nitrogens with zero attached hydrogens (tertiary/aromatic N) is 2. The molecule has 0 spiro atoms. The van der Waals surface area contributed by atoms with Gasteiger partial charge < -0.3 is 9.64 Å². The molecule has 1 fully saturated rings. The summed E-state index contributed by atoms with van der Waals surface area (Å²) in [5.41, 5.74) is 4.23. The molecule has 1 aliphatic heterocycles. The summed E-state index contributed by atoms with van der Waals surface area (Å²) >= 11 is 1.70. The number of thiazole rings is 1. The number of fused-ring (bicyclic) bond motifs is 1. The van der Waals surface area contributed by atoms with Crippen LogP contribution in [-0.4, -0.2) is 25.2 Å². The Morgan fingerprint density at radius 1 is 1.24 bits per heavy atom. The van der Waals surface area contributed by atoms with Gasteiger partial charge >= 0.3 is 0 Å². The molecule has 0 saturated carbocycles. The number of rotatable bonds is 2. The van der Waals surface area contributed by atoms with Crippen LogP contribution < -0.4 is 9.64 Å². The van der Waals surface area contributed by atoms with Gasteiger partial charge in [-0.05, 0) is 31.4 Å². The van der Waals surface area contributed by atoms with Crippen LogP contribution in [0.5, 0.6) is 5.75 Å². The number of aromatic nitrogens is 1. The molecule has 0 amide bonds. The van der Waals surface area contributed by atoms with Crippen molar-refractivity contribution in [1.82, 2.24) is 4.98 Å². The number of ether oxygens (including phenoxy) is 1. The van der Waals surface area contributed by atoms with E-state index >= 15 is 0 Å². The standard InChI is InChI=1S/C13H16N2OS/c1-16-11-6-5-10(13-12(11)14-9-17-13)15-7-3-2-4-8-15/h5-6,9H,2-4,7-8H2,1H3. The van der Waals surface area contributed by atoms with E-state index in [1.54, 1.807) is 18.4 Å². The Kier molecular flexibility index (Phi) is 2.89. The first-order valence-corrected chi connectivity index (χ1v) is 6.93. The van der Waals surface area contributed by atoms with E-state index in [1.165, 1.54) is 42.7 Å². The predicted molar refractivity (Wildman–Crippen MR) is 72.2 cm³/mol. The van der Waals surface area contributed by atoms with Gasteiger partial charge in [-0.3, -0.25) is 0 Å². The molecule has 17 heavy (non-hydrogen) atoms. The molecule has 0 N–H and O–H groups in total. The van der Waals surface area contributed by atoms with E-state index in [0.29, 0.717) is 0 Å². The van der Waals surface area contributed by atoms with Gasteiger partial charge in [0.2, 0.25) is 0 Å². The van der Waals surface area contributed by atoms with Gasteiger partial charge in [-0.1, -0.05) is 0 Å². The van der Waals surface area contributed by atoms with Gasteiger partial charge in [0.05, 0.1) is 23.0 Å². The van der Waals surface area contributed by atoms with Crippen LogP contribution >= 0.6 is 11.3 Å². The van der Waals surface area contributed by atoms with Gasteiger partial charge in [0.1, 0.15) is 11.3 Å². The lowest BCUT2D eigenvalue weighted by atomic mass is 10.1. The smallest absolute Gasteiger partial charge is 0.146 e. The van der Waals surface area contributed by atoms with Gasteiger partial charge in [0.15, 0.2) is 0 Å². The highest BCUT2D eigenvalue weighted by Gasteiger charge is 2.16. The second kappa shape index (κ2) is 4.53. The lowest BCUT2D eigenvalue weighted by Crippen LogP contribution is -2.29. The van der Waals surface area contributed by atoms with E-state index in [1.807, 2.05) is 11.6 Å². The van der Waals surface area contributed by atoms with Crippen LogP contribution in [0.25, 0.3) is 10.2 Å². The Hall–Kier alpha value is -1.29. The normalized spacial score (nSPS) is 16.4. The van der Waals surface area contributed by atoms with Crippen molar-refractivity contribution in [2.75, 3.05) is 25.1 Å². The molecule has 0 atom stereocenters. The Balaban J connectivity index is 2.07. The van der Waals surface area contributed by atoms with Gasteiger partial charge in [0, 0.05) is 13.1 Å². The van der Waals surface area contributed by atoms with Crippen molar-refractivity contribution in [1.29, 1.82) is 0 Å². The molecule has 1 aliphatic rings. The van der Waals surface area contributed by atoms with Crippen molar-refractivity contribution < 1.29 is 4.74 Å². The van der Waals surface area contributed by atoms with E-state index in [0.717, 1.165) is 11.3 Å². The third-order valence-corrected chi connectivity index (χ3v) is 4.19. The summed E-state index contributed by atoms with van der Waals surface area (Å²) < 4.78 is 6.61. The number of hydrogen-bond acceptors (Lipinski definition) is 4. The number of anilines is 1. The topological polar surface area (TPSA) is 25.4 Å². The molecule has 1 aromatic heterocycles. The Morgan fingerprint density at radius 2 is 2.06 bits per heavy atom. The molecule has 3 nitrogen and oxygen atoms in total. The minimum atomic E-state index is 0.877. The Bertz CT molecular complexity index is 517. The second-order valence-electron chi connectivity index (χ2n) is 4.36. The van der Waals surface area contributed by atoms with Gasteiger partial charge in [-0.25, -0.2) is 4.98 Å². The van der Waals surface area contributed by atoms with Crippen LogP contribution in [0, 0.1) is 0 Å². The maximum atomic E-state index is 5.35. The number of piperidine rings is 1. The molecule has 2 aromatic rings. The highest BCUT2D eigenvalue weighted by molar-refractivity contribution is 7.17. The van der Waals surface area contributed by atoms with E-state index in [-0.39, 0.29) is 0 Å². The molecule has 4 heteroatoms. The van der Waals surface area contributed by atoms with Gasteiger partial charge in [0.25, 0.3) is 0 Å². The van der Waals surface area contributed by atoms with Crippen LogP contribution in [-0.2, 0) is 0 Å². The third-order valence-electron chi connectivity index (χ3n) is 3.34. The summed E-state index contributed by atoms with van der Waals surface area (Å²) in [6, 6.07) is 4.21. The quantitative estimate of drug-likeness (QED) is 0.815. The summed E-state index contributed by atoms with van der Waals surface area (Å²) in [5, 5.41) is 0. The van der Waals surface area contributed by atoms with Crippen molar-refractivity contribution in [3.05, 3.63) is 17.6 Å². The fourth-order valence-corrected chi connectivity index (χ4v) is 3.31. The molecule has 3 rings (SSSR count). The molecule has 1 saturated heterocycles. The largest absolute Gasteiger partial charge is 0.494 e. The van der Waals surface area contributed by atoms with E-state index < -0.39 is 0 Å². The number of hydrogen-bond donors (Lipinski definition) is 0. The van der Waals surface area contributed by atoms with Crippen LogP contribution in [0.15, 0.2) is 17.6 Å². The van der Waals surface area contributed by atoms with E-state index in [4.69, 9.17) is 4.74 Å².